The first-order valence-corrected chi connectivity index (χ1v) is 7.26. The van der Waals surface area contributed by atoms with Gasteiger partial charge in [0.2, 0.25) is 0 Å². The number of hydrogen-bond donors (Lipinski definition) is 0. The third kappa shape index (κ3) is 3.29. The van der Waals surface area contributed by atoms with E-state index in [0.717, 1.165) is 5.56 Å². The van der Waals surface area contributed by atoms with Gasteiger partial charge in [0.1, 0.15) is 5.82 Å². The molecular weight excluding hydrogens is 239 g/mol. The highest BCUT2D eigenvalue weighted by molar-refractivity contribution is 8.76. The van der Waals surface area contributed by atoms with Gasteiger partial charge in [0, 0.05) is 10.6 Å². The van der Waals surface area contributed by atoms with Crippen LogP contribution in [0.3, 0.4) is 0 Å². The minimum absolute atomic E-state index is 0.122. The Hall–Kier alpha value is -0.930. The third-order valence-electron chi connectivity index (χ3n) is 2.07. The van der Waals surface area contributed by atoms with Crippen LogP contribution in [-0.2, 0) is 5.75 Å². The fraction of sp³-hybridized carbons (Fsp3) is 0.0769. The Kier molecular flexibility index (Phi) is 4.31. The molecule has 0 saturated carbocycles. The van der Waals surface area contributed by atoms with Crippen molar-refractivity contribution in [2.75, 3.05) is 0 Å². The molecule has 0 fully saturated rings. The van der Waals surface area contributed by atoms with Gasteiger partial charge in [0.15, 0.2) is 0 Å². The smallest absolute Gasteiger partial charge is 0.127 e. The van der Waals surface area contributed by atoms with Crippen molar-refractivity contribution in [1.82, 2.24) is 0 Å². The van der Waals surface area contributed by atoms with Gasteiger partial charge in [-0.25, -0.2) is 4.39 Å². The summed E-state index contributed by atoms with van der Waals surface area (Å²) in [5.41, 5.74) is 0.760. The topological polar surface area (TPSA) is 0 Å². The molecule has 0 spiro atoms. The molecule has 0 atom stereocenters. The van der Waals surface area contributed by atoms with Crippen molar-refractivity contribution in [2.45, 2.75) is 10.6 Å². The third-order valence-corrected chi connectivity index (χ3v) is 4.37. The van der Waals surface area contributed by atoms with Crippen molar-refractivity contribution in [3.63, 3.8) is 0 Å². The first kappa shape index (κ1) is 11.6. The highest BCUT2D eigenvalue weighted by atomic mass is 33.1. The Morgan fingerprint density at radius 3 is 2.31 bits per heavy atom. The van der Waals surface area contributed by atoms with Crippen LogP contribution < -0.4 is 0 Å². The first-order chi connectivity index (χ1) is 7.86. The average molecular weight is 250 g/mol. The molecule has 0 heterocycles. The van der Waals surface area contributed by atoms with Gasteiger partial charge < -0.3 is 0 Å². The maximum absolute atomic E-state index is 13.3. The second kappa shape index (κ2) is 5.97. The Labute approximate surface area is 103 Å². The van der Waals surface area contributed by atoms with Crippen molar-refractivity contribution in [1.29, 1.82) is 0 Å². The van der Waals surface area contributed by atoms with E-state index in [1.165, 1.54) is 11.0 Å². The second-order valence-electron chi connectivity index (χ2n) is 3.25. The van der Waals surface area contributed by atoms with E-state index >= 15 is 0 Å². The van der Waals surface area contributed by atoms with Gasteiger partial charge in [0.25, 0.3) is 0 Å². The van der Waals surface area contributed by atoms with Gasteiger partial charge in [-0.05, 0) is 23.8 Å². The quantitative estimate of drug-likeness (QED) is 0.717. The predicted octanol–water partition coefficient (Wildman–Crippen LogP) is 4.77. The molecular formula is C13H11FS2. The summed E-state index contributed by atoms with van der Waals surface area (Å²) in [5.74, 6) is 0.565. The summed E-state index contributed by atoms with van der Waals surface area (Å²) in [6.07, 6.45) is 0. The lowest BCUT2D eigenvalue weighted by atomic mass is 10.2. The van der Waals surface area contributed by atoms with E-state index in [1.807, 2.05) is 30.3 Å². The van der Waals surface area contributed by atoms with Gasteiger partial charge >= 0.3 is 0 Å². The first-order valence-electron chi connectivity index (χ1n) is 4.94. The maximum atomic E-state index is 13.3. The van der Waals surface area contributed by atoms with Crippen molar-refractivity contribution in [3.8, 4) is 0 Å². The van der Waals surface area contributed by atoms with Crippen LogP contribution in [0.1, 0.15) is 5.56 Å². The van der Waals surface area contributed by atoms with E-state index in [2.05, 4.69) is 12.1 Å². The summed E-state index contributed by atoms with van der Waals surface area (Å²) >= 11 is 0. The minimum atomic E-state index is -0.122. The minimum Gasteiger partial charge on any atom is -0.207 e. The highest BCUT2D eigenvalue weighted by Crippen LogP contribution is 2.33. The zero-order valence-electron chi connectivity index (χ0n) is 8.60. The molecule has 0 aliphatic rings. The Morgan fingerprint density at radius 2 is 1.56 bits per heavy atom. The van der Waals surface area contributed by atoms with Crippen LogP contribution in [0.4, 0.5) is 4.39 Å². The summed E-state index contributed by atoms with van der Waals surface area (Å²) < 4.78 is 13.3. The molecule has 0 radical (unpaired) electrons. The largest absolute Gasteiger partial charge is 0.207 e. The van der Waals surface area contributed by atoms with Crippen LogP contribution >= 0.6 is 21.6 Å². The lowest BCUT2D eigenvalue weighted by Gasteiger charge is -2.02. The van der Waals surface area contributed by atoms with Crippen LogP contribution in [0.5, 0.6) is 0 Å². The van der Waals surface area contributed by atoms with Crippen molar-refractivity contribution >= 4 is 21.6 Å². The molecule has 2 aromatic carbocycles. The normalized spacial score (nSPS) is 10.3. The number of rotatable bonds is 4. The van der Waals surface area contributed by atoms with Gasteiger partial charge in [-0.2, -0.15) is 0 Å². The SMILES string of the molecule is Fc1ccccc1CSSc1ccccc1. The van der Waals surface area contributed by atoms with Crippen LogP contribution in [0, 0.1) is 5.82 Å². The molecule has 0 aliphatic heterocycles. The number of benzene rings is 2. The molecule has 2 aromatic rings. The predicted molar refractivity (Wildman–Crippen MR) is 70.0 cm³/mol. The maximum Gasteiger partial charge on any atom is 0.127 e. The van der Waals surface area contributed by atoms with Crippen LogP contribution in [0.2, 0.25) is 0 Å². The average Bonchev–Trinajstić information content (AvgIpc) is 2.33. The van der Waals surface area contributed by atoms with Gasteiger partial charge in [-0.15, -0.1) is 0 Å². The standard InChI is InChI=1S/C13H11FS2/c14-13-9-5-4-6-11(13)10-15-16-12-7-2-1-3-8-12/h1-9H,10H2. The number of hydrogen-bond acceptors (Lipinski definition) is 2. The van der Waals surface area contributed by atoms with E-state index < -0.39 is 0 Å². The molecule has 0 aliphatic carbocycles. The van der Waals surface area contributed by atoms with Crippen LogP contribution in [-0.4, -0.2) is 0 Å². The molecule has 0 aromatic heterocycles. The molecule has 0 amide bonds. The van der Waals surface area contributed by atoms with Gasteiger partial charge in [0.05, 0.1) is 0 Å². The van der Waals surface area contributed by atoms with Crippen molar-refractivity contribution in [2.24, 2.45) is 0 Å². The molecule has 2 rings (SSSR count). The van der Waals surface area contributed by atoms with E-state index in [4.69, 9.17) is 0 Å². The van der Waals surface area contributed by atoms with E-state index in [0.29, 0.717) is 5.75 Å². The lowest BCUT2D eigenvalue weighted by molar-refractivity contribution is 0.617. The van der Waals surface area contributed by atoms with E-state index in [9.17, 15) is 4.39 Å². The lowest BCUT2D eigenvalue weighted by Crippen LogP contribution is -1.84. The Morgan fingerprint density at radius 1 is 0.875 bits per heavy atom. The fourth-order valence-corrected chi connectivity index (χ4v) is 3.38. The molecule has 16 heavy (non-hydrogen) atoms. The van der Waals surface area contributed by atoms with Crippen molar-refractivity contribution in [3.05, 3.63) is 66.0 Å². The highest BCUT2D eigenvalue weighted by Gasteiger charge is 2.01. The molecule has 0 unspecified atom stereocenters. The summed E-state index contributed by atoms with van der Waals surface area (Å²) in [4.78, 5) is 1.20. The monoisotopic (exact) mass is 250 g/mol. The van der Waals surface area contributed by atoms with Gasteiger partial charge in [-0.3, -0.25) is 0 Å². The molecule has 0 saturated heterocycles. The van der Waals surface area contributed by atoms with Gasteiger partial charge in [-0.1, -0.05) is 58.0 Å². The summed E-state index contributed by atoms with van der Waals surface area (Å²) in [7, 11) is 3.32. The fourth-order valence-electron chi connectivity index (χ4n) is 1.25. The zero-order valence-corrected chi connectivity index (χ0v) is 10.2. The van der Waals surface area contributed by atoms with E-state index in [-0.39, 0.29) is 5.82 Å². The number of halogens is 1. The Bertz CT molecular complexity index is 443. The second-order valence-corrected chi connectivity index (χ2v) is 5.62. The molecule has 82 valence electrons. The molecule has 3 heteroatoms. The van der Waals surface area contributed by atoms with Crippen molar-refractivity contribution < 1.29 is 4.39 Å². The molecule has 0 nitrogen and oxygen atoms in total. The Balaban J connectivity index is 1.87. The zero-order chi connectivity index (χ0) is 11.2. The molecule has 0 bridgehead atoms. The van der Waals surface area contributed by atoms with E-state index in [1.54, 1.807) is 27.7 Å². The summed E-state index contributed by atoms with van der Waals surface area (Å²) in [6.45, 7) is 0. The summed E-state index contributed by atoms with van der Waals surface area (Å²) in [5, 5.41) is 0. The molecule has 0 N–H and O–H groups in total. The summed E-state index contributed by atoms with van der Waals surface area (Å²) in [6, 6.07) is 17.0. The van der Waals surface area contributed by atoms with Crippen LogP contribution in [0.25, 0.3) is 0 Å². The van der Waals surface area contributed by atoms with Crippen LogP contribution in [0.15, 0.2) is 59.5 Å².